The molecule has 0 saturated heterocycles. The molecule has 2 amide bonds. The average molecular weight is 481 g/mol. The summed E-state index contributed by atoms with van der Waals surface area (Å²) in [4.78, 5) is 28.6. The van der Waals surface area contributed by atoms with Crippen molar-refractivity contribution < 1.29 is 9.59 Å². The number of thioether (sulfide) groups is 1. The Labute approximate surface area is 199 Å². The van der Waals surface area contributed by atoms with Gasteiger partial charge in [-0.05, 0) is 75.8 Å². The largest absolute Gasteiger partial charge is 0.350 e. The van der Waals surface area contributed by atoms with Crippen LogP contribution in [-0.4, -0.2) is 34.0 Å². The molecule has 0 radical (unpaired) electrons. The zero-order valence-electron chi connectivity index (χ0n) is 18.5. The summed E-state index contributed by atoms with van der Waals surface area (Å²) >= 11 is 13.9. The highest BCUT2D eigenvalue weighted by molar-refractivity contribution is 7.99. The number of carbonyl (C=O) groups excluding carboxylic acids is 2. The van der Waals surface area contributed by atoms with Crippen LogP contribution in [0.4, 0.5) is 0 Å². The molecule has 0 heterocycles. The van der Waals surface area contributed by atoms with E-state index >= 15 is 0 Å². The zero-order valence-corrected chi connectivity index (χ0v) is 20.8. The lowest BCUT2D eigenvalue weighted by molar-refractivity contribution is -0.141. The number of rotatable bonds is 9. The van der Waals surface area contributed by atoms with Crippen molar-refractivity contribution in [2.45, 2.75) is 63.6 Å². The second kappa shape index (κ2) is 11.8. The fourth-order valence-electron chi connectivity index (χ4n) is 2.95. The van der Waals surface area contributed by atoms with Crippen molar-refractivity contribution in [3.05, 3.63) is 64.1 Å². The molecule has 0 aromatic heterocycles. The third-order valence-electron chi connectivity index (χ3n) is 4.58. The summed E-state index contributed by atoms with van der Waals surface area (Å²) in [5, 5.41) is 4.26. The molecule has 0 saturated carbocycles. The fourth-order valence-corrected chi connectivity index (χ4v) is 4.13. The Morgan fingerprint density at radius 2 is 1.71 bits per heavy atom. The molecule has 1 atom stereocenters. The molecule has 0 aliphatic rings. The molecule has 2 aromatic rings. The molecule has 0 aliphatic carbocycles. The lowest BCUT2D eigenvalue weighted by Gasteiger charge is -2.31. The van der Waals surface area contributed by atoms with Crippen molar-refractivity contribution in [3.63, 3.8) is 0 Å². The maximum Gasteiger partial charge on any atom is 0.242 e. The summed E-state index contributed by atoms with van der Waals surface area (Å²) in [6.45, 7) is 7.82. The third kappa shape index (κ3) is 8.76. The van der Waals surface area contributed by atoms with Gasteiger partial charge < -0.3 is 10.2 Å². The molecule has 4 nitrogen and oxygen atoms in total. The maximum atomic E-state index is 13.1. The molecule has 0 unspecified atom stereocenters. The number of hydrogen-bond acceptors (Lipinski definition) is 3. The van der Waals surface area contributed by atoms with Crippen LogP contribution in [0.25, 0.3) is 0 Å². The van der Waals surface area contributed by atoms with E-state index in [0.29, 0.717) is 29.4 Å². The van der Waals surface area contributed by atoms with E-state index in [9.17, 15) is 9.59 Å². The summed E-state index contributed by atoms with van der Waals surface area (Å²) in [6.07, 6.45) is 1.07. The maximum absolute atomic E-state index is 13.1. The molecule has 0 spiro atoms. The Morgan fingerprint density at radius 1 is 1.06 bits per heavy atom. The molecule has 0 aliphatic heterocycles. The van der Waals surface area contributed by atoms with Crippen molar-refractivity contribution in [2.75, 3.05) is 5.75 Å². The minimum atomic E-state index is -0.605. The predicted octanol–water partition coefficient (Wildman–Crippen LogP) is 6.20. The first-order valence-corrected chi connectivity index (χ1v) is 12.0. The van der Waals surface area contributed by atoms with Gasteiger partial charge in [0.05, 0.1) is 0 Å². The number of nitrogens with zero attached hydrogens (tertiary/aromatic N) is 1. The van der Waals surface area contributed by atoms with Gasteiger partial charge in [-0.3, -0.25) is 9.59 Å². The van der Waals surface area contributed by atoms with Gasteiger partial charge in [-0.15, -0.1) is 11.8 Å². The normalized spacial score (nSPS) is 12.3. The van der Waals surface area contributed by atoms with Crippen molar-refractivity contribution in [2.24, 2.45) is 0 Å². The van der Waals surface area contributed by atoms with Gasteiger partial charge in [-0.25, -0.2) is 0 Å². The van der Waals surface area contributed by atoms with E-state index in [2.05, 4.69) is 5.32 Å². The van der Waals surface area contributed by atoms with E-state index in [1.165, 1.54) is 0 Å². The van der Waals surface area contributed by atoms with Crippen LogP contribution in [0.15, 0.2) is 53.4 Å². The van der Waals surface area contributed by atoms with Gasteiger partial charge in [0.15, 0.2) is 0 Å². The molecule has 1 N–H and O–H groups in total. The first kappa shape index (κ1) is 25.6. The van der Waals surface area contributed by atoms with Crippen molar-refractivity contribution >= 4 is 46.8 Å². The molecule has 2 rings (SSSR count). The predicted molar refractivity (Wildman–Crippen MR) is 131 cm³/mol. The second-order valence-electron chi connectivity index (χ2n) is 8.43. The molecule has 31 heavy (non-hydrogen) atoms. The summed E-state index contributed by atoms with van der Waals surface area (Å²) < 4.78 is 0. The quantitative estimate of drug-likeness (QED) is 0.343. The zero-order chi connectivity index (χ0) is 23.0. The lowest BCUT2D eigenvalue weighted by atomic mass is 10.1. The van der Waals surface area contributed by atoms with Gasteiger partial charge in [0.2, 0.25) is 11.8 Å². The molecule has 0 bridgehead atoms. The van der Waals surface area contributed by atoms with Crippen molar-refractivity contribution in [1.82, 2.24) is 10.2 Å². The van der Waals surface area contributed by atoms with Gasteiger partial charge in [0, 0.05) is 33.4 Å². The van der Waals surface area contributed by atoms with E-state index in [0.717, 1.165) is 16.2 Å². The van der Waals surface area contributed by atoms with Crippen LogP contribution in [0.3, 0.4) is 0 Å². The van der Waals surface area contributed by atoms with Gasteiger partial charge >= 0.3 is 0 Å². The van der Waals surface area contributed by atoms with E-state index in [-0.39, 0.29) is 17.4 Å². The fraction of sp³-hybridized carbons (Fsp3) is 0.417. The van der Waals surface area contributed by atoms with E-state index < -0.39 is 6.04 Å². The number of amides is 2. The first-order valence-electron chi connectivity index (χ1n) is 10.3. The van der Waals surface area contributed by atoms with Crippen LogP contribution in [0.2, 0.25) is 10.0 Å². The first-order chi connectivity index (χ1) is 14.6. The summed E-state index contributed by atoms with van der Waals surface area (Å²) in [5.74, 6) is 0.562. The average Bonchev–Trinajstić information content (AvgIpc) is 2.70. The minimum absolute atomic E-state index is 0.0619. The Morgan fingerprint density at radius 3 is 2.32 bits per heavy atom. The van der Waals surface area contributed by atoms with Crippen molar-refractivity contribution in [3.8, 4) is 0 Å². The van der Waals surface area contributed by atoms with Crippen LogP contribution in [-0.2, 0) is 16.1 Å². The highest BCUT2D eigenvalue weighted by Crippen LogP contribution is 2.23. The van der Waals surface area contributed by atoms with E-state index in [1.54, 1.807) is 29.7 Å². The van der Waals surface area contributed by atoms with Crippen LogP contribution >= 0.6 is 35.0 Å². The molecular weight excluding hydrogens is 451 g/mol. The number of benzene rings is 2. The highest BCUT2D eigenvalue weighted by atomic mass is 35.5. The SMILES string of the molecule is C[C@H](C(=O)NC(C)(C)C)N(Cc1ccccc1Cl)C(=O)CCCSc1ccc(Cl)cc1. The molecule has 0 fully saturated rings. The van der Waals surface area contributed by atoms with Crippen LogP contribution < -0.4 is 5.32 Å². The molecule has 168 valence electrons. The molecule has 7 heteroatoms. The molecular formula is C24H30Cl2N2O2S. The number of hydrogen-bond donors (Lipinski definition) is 1. The van der Waals surface area contributed by atoms with E-state index in [1.807, 2.05) is 63.2 Å². The van der Waals surface area contributed by atoms with E-state index in [4.69, 9.17) is 23.2 Å². The monoisotopic (exact) mass is 480 g/mol. The van der Waals surface area contributed by atoms with Gasteiger partial charge in [-0.2, -0.15) is 0 Å². The Hall–Kier alpha value is -1.69. The van der Waals surface area contributed by atoms with Crippen LogP contribution in [0.5, 0.6) is 0 Å². The second-order valence-corrected chi connectivity index (χ2v) is 10.4. The minimum Gasteiger partial charge on any atom is -0.350 e. The topological polar surface area (TPSA) is 49.4 Å². The third-order valence-corrected chi connectivity index (χ3v) is 6.30. The number of halogens is 2. The Balaban J connectivity index is 2.03. The Bertz CT molecular complexity index is 882. The number of nitrogens with one attached hydrogen (secondary N) is 1. The van der Waals surface area contributed by atoms with Crippen molar-refractivity contribution in [1.29, 1.82) is 0 Å². The van der Waals surface area contributed by atoms with Gasteiger partial charge in [0.25, 0.3) is 0 Å². The van der Waals surface area contributed by atoms with Gasteiger partial charge in [-0.1, -0.05) is 41.4 Å². The van der Waals surface area contributed by atoms with Gasteiger partial charge in [0.1, 0.15) is 6.04 Å². The highest BCUT2D eigenvalue weighted by Gasteiger charge is 2.28. The van der Waals surface area contributed by atoms with Crippen LogP contribution in [0.1, 0.15) is 46.1 Å². The standard InChI is InChI=1S/C24H30Cl2N2O2S/c1-17(23(30)27-24(2,3)4)28(16-18-8-5-6-9-21(18)26)22(29)10-7-15-31-20-13-11-19(25)12-14-20/h5-6,8-9,11-14,17H,7,10,15-16H2,1-4H3,(H,27,30)/t17-/m1/s1. The Kier molecular flexibility index (Phi) is 9.73. The summed E-state index contributed by atoms with van der Waals surface area (Å²) in [5.41, 5.74) is 0.447. The van der Waals surface area contributed by atoms with Crippen LogP contribution in [0, 0.1) is 0 Å². The molecule has 2 aromatic carbocycles. The summed E-state index contributed by atoms with van der Waals surface area (Å²) in [6, 6.07) is 14.5. The number of carbonyl (C=O) groups is 2. The summed E-state index contributed by atoms with van der Waals surface area (Å²) in [7, 11) is 0. The lowest BCUT2D eigenvalue weighted by Crippen LogP contribution is -2.52. The smallest absolute Gasteiger partial charge is 0.242 e.